The van der Waals surface area contributed by atoms with Crippen molar-refractivity contribution in [3.05, 3.63) is 34.5 Å². The van der Waals surface area contributed by atoms with E-state index in [0.717, 1.165) is 29.4 Å². The summed E-state index contributed by atoms with van der Waals surface area (Å²) < 4.78 is 1.95. The molecule has 3 rings (SSSR count). The Morgan fingerprint density at radius 1 is 1.58 bits per heavy atom. The molecule has 1 saturated heterocycles. The lowest BCUT2D eigenvalue weighted by Gasteiger charge is -2.16. The maximum Gasteiger partial charge on any atom is 0.227 e. The Morgan fingerprint density at radius 2 is 2.47 bits per heavy atom. The van der Waals surface area contributed by atoms with Crippen LogP contribution in [0, 0.1) is 6.92 Å². The molecule has 6 heteroatoms. The van der Waals surface area contributed by atoms with Crippen molar-refractivity contribution in [2.24, 2.45) is 0 Å². The van der Waals surface area contributed by atoms with Crippen LogP contribution in [0.2, 0.25) is 0 Å². The number of carbonyl (C=O) groups excluding carboxylic acids is 1. The Labute approximate surface area is 115 Å². The molecule has 0 aromatic carbocycles. The van der Waals surface area contributed by atoms with Gasteiger partial charge in [0.25, 0.3) is 0 Å². The second kappa shape index (κ2) is 5.13. The average Bonchev–Trinajstić information content (AvgIpc) is 3.08. The van der Waals surface area contributed by atoms with E-state index in [2.05, 4.69) is 10.1 Å². The van der Waals surface area contributed by atoms with Gasteiger partial charge < -0.3 is 4.90 Å². The summed E-state index contributed by atoms with van der Waals surface area (Å²) in [6.07, 6.45) is 7.00. The molecule has 1 aliphatic heterocycles. The number of nitrogens with zero attached hydrogens (tertiary/aromatic N) is 4. The van der Waals surface area contributed by atoms with Crippen LogP contribution in [0.5, 0.6) is 0 Å². The largest absolute Gasteiger partial charge is 0.340 e. The number of aryl methyl sites for hydroxylation is 1. The third-order valence-electron chi connectivity index (χ3n) is 3.41. The monoisotopic (exact) mass is 276 g/mol. The van der Waals surface area contributed by atoms with Crippen LogP contribution in [-0.4, -0.2) is 38.7 Å². The number of aromatic nitrogens is 3. The van der Waals surface area contributed by atoms with Gasteiger partial charge in [0, 0.05) is 36.6 Å². The van der Waals surface area contributed by atoms with Gasteiger partial charge >= 0.3 is 0 Å². The van der Waals surface area contributed by atoms with Crippen molar-refractivity contribution in [2.45, 2.75) is 25.8 Å². The first-order valence-corrected chi connectivity index (χ1v) is 7.22. The van der Waals surface area contributed by atoms with E-state index in [-0.39, 0.29) is 5.91 Å². The summed E-state index contributed by atoms with van der Waals surface area (Å²) in [6.45, 7) is 3.54. The van der Waals surface area contributed by atoms with E-state index in [0.29, 0.717) is 12.5 Å². The van der Waals surface area contributed by atoms with Gasteiger partial charge in [-0.25, -0.2) is 4.98 Å². The Morgan fingerprint density at radius 3 is 3.16 bits per heavy atom. The maximum absolute atomic E-state index is 12.2. The standard InChI is InChI=1S/C13H16N4OS/c1-10-14-8-12(19-10)7-13(18)16-6-3-11(9-16)17-5-2-4-15-17/h2,4-5,8,11H,3,6-7,9H2,1H3. The third kappa shape index (κ3) is 2.68. The lowest BCUT2D eigenvalue weighted by molar-refractivity contribution is -0.129. The Hall–Kier alpha value is -1.69. The van der Waals surface area contributed by atoms with Gasteiger partial charge in [0.05, 0.1) is 17.5 Å². The minimum atomic E-state index is 0.193. The second-order valence-corrected chi connectivity index (χ2v) is 6.11. The highest BCUT2D eigenvalue weighted by Crippen LogP contribution is 2.22. The fourth-order valence-electron chi connectivity index (χ4n) is 2.43. The molecule has 2 aromatic heterocycles. The fraction of sp³-hybridized carbons (Fsp3) is 0.462. The number of carbonyl (C=O) groups is 1. The molecule has 3 heterocycles. The van der Waals surface area contributed by atoms with Gasteiger partial charge in [-0.1, -0.05) is 0 Å². The number of hydrogen-bond donors (Lipinski definition) is 0. The molecule has 0 bridgehead atoms. The number of hydrogen-bond acceptors (Lipinski definition) is 4. The minimum Gasteiger partial charge on any atom is -0.340 e. The zero-order chi connectivity index (χ0) is 13.2. The van der Waals surface area contributed by atoms with Gasteiger partial charge in [-0.2, -0.15) is 5.10 Å². The predicted molar refractivity (Wildman–Crippen MR) is 73.0 cm³/mol. The molecule has 5 nitrogen and oxygen atoms in total. The van der Waals surface area contributed by atoms with E-state index in [1.807, 2.05) is 28.8 Å². The first kappa shape index (κ1) is 12.3. The Balaban J connectivity index is 1.60. The van der Waals surface area contributed by atoms with Crippen LogP contribution in [0.1, 0.15) is 22.3 Å². The molecule has 0 aliphatic carbocycles. The summed E-state index contributed by atoms with van der Waals surface area (Å²) in [5.41, 5.74) is 0. The zero-order valence-electron chi connectivity index (χ0n) is 10.8. The van der Waals surface area contributed by atoms with Crippen LogP contribution >= 0.6 is 11.3 Å². The van der Waals surface area contributed by atoms with Gasteiger partial charge in [-0.05, 0) is 19.4 Å². The van der Waals surface area contributed by atoms with Crippen molar-refractivity contribution < 1.29 is 4.79 Å². The number of likely N-dealkylation sites (tertiary alicyclic amines) is 1. The SMILES string of the molecule is Cc1ncc(CC(=O)N2CCC(n3cccn3)C2)s1. The van der Waals surface area contributed by atoms with Crippen LogP contribution in [0.25, 0.3) is 0 Å². The molecule has 19 heavy (non-hydrogen) atoms. The lowest BCUT2D eigenvalue weighted by atomic mass is 10.3. The van der Waals surface area contributed by atoms with E-state index in [1.165, 1.54) is 0 Å². The van der Waals surface area contributed by atoms with E-state index in [9.17, 15) is 4.79 Å². The number of thiazole rings is 1. The fourth-order valence-corrected chi connectivity index (χ4v) is 3.21. The topological polar surface area (TPSA) is 51.0 Å². The highest BCUT2D eigenvalue weighted by molar-refractivity contribution is 7.11. The van der Waals surface area contributed by atoms with Crippen LogP contribution in [0.3, 0.4) is 0 Å². The normalized spacial score (nSPS) is 19.0. The van der Waals surface area contributed by atoms with Gasteiger partial charge in [0.2, 0.25) is 5.91 Å². The molecule has 2 aromatic rings. The van der Waals surface area contributed by atoms with Crippen LogP contribution in [-0.2, 0) is 11.2 Å². The molecule has 0 radical (unpaired) electrons. The summed E-state index contributed by atoms with van der Waals surface area (Å²) in [7, 11) is 0. The van der Waals surface area contributed by atoms with E-state index >= 15 is 0 Å². The molecule has 100 valence electrons. The Kier molecular flexibility index (Phi) is 3.33. The molecular weight excluding hydrogens is 260 g/mol. The smallest absolute Gasteiger partial charge is 0.227 e. The molecule has 1 aliphatic rings. The van der Waals surface area contributed by atoms with Crippen LogP contribution < -0.4 is 0 Å². The first-order chi connectivity index (χ1) is 9.22. The lowest BCUT2D eigenvalue weighted by Crippen LogP contribution is -2.30. The third-order valence-corrected chi connectivity index (χ3v) is 4.32. The van der Waals surface area contributed by atoms with E-state index in [1.54, 1.807) is 23.7 Å². The van der Waals surface area contributed by atoms with Crippen molar-refractivity contribution >= 4 is 17.2 Å². The summed E-state index contributed by atoms with van der Waals surface area (Å²) >= 11 is 1.60. The van der Waals surface area contributed by atoms with Gasteiger partial charge in [-0.3, -0.25) is 9.48 Å². The predicted octanol–water partition coefficient (Wildman–Crippen LogP) is 1.66. The molecule has 0 N–H and O–H groups in total. The Bertz CT molecular complexity index is 563. The van der Waals surface area contributed by atoms with E-state index in [4.69, 9.17) is 0 Å². The maximum atomic E-state index is 12.2. The van der Waals surface area contributed by atoms with E-state index < -0.39 is 0 Å². The van der Waals surface area contributed by atoms with Crippen LogP contribution in [0.15, 0.2) is 24.7 Å². The average molecular weight is 276 g/mol. The summed E-state index contributed by atoms with van der Waals surface area (Å²) in [6, 6.07) is 2.24. The molecule has 0 spiro atoms. The molecule has 1 unspecified atom stereocenters. The minimum absolute atomic E-state index is 0.193. The molecule has 1 atom stereocenters. The van der Waals surface area contributed by atoms with Crippen molar-refractivity contribution in [3.63, 3.8) is 0 Å². The van der Waals surface area contributed by atoms with Crippen LogP contribution in [0.4, 0.5) is 0 Å². The van der Waals surface area contributed by atoms with Crippen molar-refractivity contribution in [3.8, 4) is 0 Å². The quantitative estimate of drug-likeness (QED) is 0.856. The van der Waals surface area contributed by atoms with Gasteiger partial charge in [0.15, 0.2) is 0 Å². The molecule has 1 amide bonds. The molecular formula is C13H16N4OS. The number of rotatable bonds is 3. The zero-order valence-corrected chi connectivity index (χ0v) is 11.6. The van der Waals surface area contributed by atoms with Crippen molar-refractivity contribution in [2.75, 3.05) is 13.1 Å². The summed E-state index contributed by atoms with van der Waals surface area (Å²) in [5, 5.41) is 5.26. The highest BCUT2D eigenvalue weighted by atomic mass is 32.1. The summed E-state index contributed by atoms with van der Waals surface area (Å²) in [5.74, 6) is 0.193. The first-order valence-electron chi connectivity index (χ1n) is 6.40. The van der Waals surface area contributed by atoms with Crippen molar-refractivity contribution in [1.82, 2.24) is 19.7 Å². The second-order valence-electron chi connectivity index (χ2n) is 4.79. The molecule has 1 fully saturated rings. The number of amides is 1. The summed E-state index contributed by atoms with van der Waals surface area (Å²) in [4.78, 5) is 19.4. The van der Waals surface area contributed by atoms with Gasteiger partial charge in [0.1, 0.15) is 0 Å². The van der Waals surface area contributed by atoms with Crippen molar-refractivity contribution in [1.29, 1.82) is 0 Å². The molecule has 0 saturated carbocycles. The highest BCUT2D eigenvalue weighted by Gasteiger charge is 2.27. The van der Waals surface area contributed by atoms with Gasteiger partial charge in [-0.15, -0.1) is 11.3 Å².